The van der Waals surface area contributed by atoms with Gasteiger partial charge in [-0.1, -0.05) is 18.2 Å². The largest absolute Gasteiger partial charge is 0.384 e. The second-order valence-corrected chi connectivity index (χ2v) is 12.4. The number of nitrogens with two attached hydrogens (primary N) is 1. The minimum Gasteiger partial charge on any atom is -0.384 e. The van der Waals surface area contributed by atoms with E-state index in [0.717, 1.165) is 49.6 Å². The first-order chi connectivity index (χ1) is 16.6. The molecular weight excluding hydrogens is 484 g/mol. The summed E-state index contributed by atoms with van der Waals surface area (Å²) in [6.45, 7) is 3.59. The molecule has 1 unspecified atom stereocenters. The van der Waals surface area contributed by atoms with Crippen LogP contribution in [0.25, 0.3) is 0 Å². The third-order valence-corrected chi connectivity index (χ3v) is 8.39. The molecule has 0 aromatic heterocycles. The zero-order valence-electron chi connectivity index (χ0n) is 20.3. The highest BCUT2D eigenvalue weighted by Gasteiger charge is 2.21. The van der Waals surface area contributed by atoms with Crippen LogP contribution in [0.15, 0.2) is 68.9 Å². The number of hydrogen-bond acceptors (Lipinski definition) is 6. The fraction of sp³-hybridized carbons (Fsp3) is 0.440. The molecule has 0 bridgehead atoms. The maximum Gasteiger partial charge on any atom is 0.247 e. The van der Waals surface area contributed by atoms with Gasteiger partial charge in [-0.15, -0.1) is 0 Å². The van der Waals surface area contributed by atoms with Crippen LogP contribution in [0.3, 0.4) is 0 Å². The van der Waals surface area contributed by atoms with Crippen molar-refractivity contribution in [1.29, 1.82) is 0 Å². The molecule has 3 N–H and O–H groups in total. The fourth-order valence-electron chi connectivity index (χ4n) is 4.08. The quantitative estimate of drug-likeness (QED) is 0.381. The number of sulfone groups is 1. The number of nitrogens with zero attached hydrogens (tertiary/aromatic N) is 2. The zero-order chi connectivity index (χ0) is 25.4. The normalized spacial score (nSPS) is 19.0. The lowest BCUT2D eigenvalue weighted by molar-refractivity contribution is -0.119. The monoisotopic (exact) mass is 518 g/mol. The third-order valence-electron chi connectivity index (χ3n) is 6.20. The minimum atomic E-state index is -3.27. The molecule has 1 fully saturated rings. The van der Waals surface area contributed by atoms with Crippen molar-refractivity contribution in [3.05, 3.63) is 59.0 Å². The minimum absolute atomic E-state index is 0.110. The van der Waals surface area contributed by atoms with Crippen LogP contribution in [0.2, 0.25) is 0 Å². The van der Waals surface area contributed by atoms with Crippen LogP contribution in [0.1, 0.15) is 25.7 Å². The molecule has 8 nitrogen and oxygen atoms in total. The number of likely N-dealkylation sites (tertiary alicyclic amines) is 1. The summed E-state index contributed by atoms with van der Waals surface area (Å²) in [7, 11) is -4.24. The first-order valence-corrected chi connectivity index (χ1v) is 15.1. The van der Waals surface area contributed by atoms with Crippen molar-refractivity contribution in [2.75, 3.05) is 44.0 Å². The highest BCUT2D eigenvalue weighted by molar-refractivity contribution is 7.94. The molecule has 1 saturated heterocycles. The van der Waals surface area contributed by atoms with Gasteiger partial charge in [-0.05, 0) is 62.2 Å². The first-order valence-electron chi connectivity index (χ1n) is 11.7. The number of anilines is 1. The molecule has 1 aliphatic carbocycles. The molecule has 1 aromatic carbocycles. The van der Waals surface area contributed by atoms with Crippen LogP contribution in [-0.2, 0) is 25.4 Å². The fourth-order valence-corrected chi connectivity index (χ4v) is 5.32. The Hall–Kier alpha value is -2.56. The van der Waals surface area contributed by atoms with E-state index in [9.17, 15) is 17.4 Å². The standard InChI is InChI=1S/C25H34N4O4S2/c1-34(31)22-9-7-21(8-10-22)27-14-17-29-15-12-19(13-16-29)18-24(30)28-25(26)20-4-3-5-23(11-6-20)35(2,32)33/h3-4,6-11,19,27H,5,12-18H2,1-2H3,(H2,26,28,30). The Morgan fingerprint density at radius 3 is 2.51 bits per heavy atom. The molecule has 0 saturated carbocycles. The SMILES string of the molecule is CS(=O)c1ccc(NCCN2CCC(CC(=O)N=C(N)C3=CC=C(S(C)(=O)=O)CC=C3)CC2)cc1. The molecule has 1 amide bonds. The van der Waals surface area contributed by atoms with Crippen LogP contribution in [0, 0.1) is 5.92 Å². The van der Waals surface area contributed by atoms with Crippen LogP contribution in [0.4, 0.5) is 5.69 Å². The van der Waals surface area contributed by atoms with E-state index in [2.05, 4.69) is 15.2 Å². The Kier molecular flexibility index (Phi) is 9.59. The zero-order valence-corrected chi connectivity index (χ0v) is 21.9. The Morgan fingerprint density at radius 1 is 1.20 bits per heavy atom. The number of piperidine rings is 1. The van der Waals surface area contributed by atoms with E-state index in [-0.39, 0.29) is 17.7 Å². The van der Waals surface area contributed by atoms with E-state index in [1.165, 1.54) is 12.3 Å². The Balaban J connectivity index is 1.42. The second-order valence-electron chi connectivity index (χ2n) is 8.92. The molecule has 3 rings (SSSR count). The predicted octanol–water partition coefficient (Wildman–Crippen LogP) is 2.64. The topological polar surface area (TPSA) is 122 Å². The number of carbonyl (C=O) groups excluding carboxylic acids is 1. The lowest BCUT2D eigenvalue weighted by atomic mass is 9.93. The Morgan fingerprint density at radius 2 is 1.89 bits per heavy atom. The lowest BCUT2D eigenvalue weighted by Crippen LogP contribution is -2.37. The summed E-state index contributed by atoms with van der Waals surface area (Å²) >= 11 is 0. The Labute approximate surface area is 210 Å². The number of aliphatic imine (C=N–C) groups is 1. The van der Waals surface area contributed by atoms with Gasteiger partial charge >= 0.3 is 0 Å². The summed E-state index contributed by atoms with van der Waals surface area (Å²) in [5.74, 6) is 0.144. The maximum atomic E-state index is 12.5. The summed E-state index contributed by atoms with van der Waals surface area (Å²) in [6, 6.07) is 7.65. The van der Waals surface area contributed by atoms with Gasteiger partial charge in [0.2, 0.25) is 5.91 Å². The summed E-state index contributed by atoms with van der Waals surface area (Å²) in [5, 5.41) is 3.39. The van der Waals surface area contributed by atoms with Crippen LogP contribution >= 0.6 is 0 Å². The van der Waals surface area contributed by atoms with Crippen molar-refractivity contribution >= 4 is 38.1 Å². The Bertz CT molecular complexity index is 1160. The summed E-state index contributed by atoms with van der Waals surface area (Å²) in [4.78, 5) is 20.0. The van der Waals surface area contributed by atoms with Crippen molar-refractivity contribution in [3.63, 3.8) is 0 Å². The summed E-state index contributed by atoms with van der Waals surface area (Å²) in [6.07, 6.45) is 11.9. The van der Waals surface area contributed by atoms with Crippen molar-refractivity contribution in [3.8, 4) is 0 Å². The molecule has 0 spiro atoms. The first kappa shape index (κ1) is 27.0. The summed E-state index contributed by atoms with van der Waals surface area (Å²) in [5.41, 5.74) is 7.58. The molecule has 190 valence electrons. The third kappa shape index (κ3) is 8.55. The van der Waals surface area contributed by atoms with Gasteiger partial charge in [0.05, 0.1) is 0 Å². The van der Waals surface area contributed by atoms with E-state index >= 15 is 0 Å². The van der Waals surface area contributed by atoms with Crippen molar-refractivity contribution in [2.45, 2.75) is 30.6 Å². The van der Waals surface area contributed by atoms with E-state index in [0.29, 0.717) is 23.3 Å². The molecule has 1 heterocycles. The van der Waals surface area contributed by atoms with Crippen molar-refractivity contribution < 1.29 is 17.4 Å². The number of allylic oxidation sites excluding steroid dienone is 4. The van der Waals surface area contributed by atoms with Gasteiger partial charge in [0.15, 0.2) is 9.84 Å². The van der Waals surface area contributed by atoms with Gasteiger partial charge in [-0.2, -0.15) is 4.99 Å². The van der Waals surface area contributed by atoms with Crippen molar-refractivity contribution in [2.24, 2.45) is 16.6 Å². The van der Waals surface area contributed by atoms with Gasteiger partial charge in [-0.3, -0.25) is 9.00 Å². The van der Waals surface area contributed by atoms with Crippen LogP contribution < -0.4 is 11.1 Å². The van der Waals surface area contributed by atoms with Crippen LogP contribution in [0.5, 0.6) is 0 Å². The number of hydrogen-bond donors (Lipinski definition) is 2. The highest BCUT2D eigenvalue weighted by atomic mass is 32.2. The number of amidine groups is 1. The van der Waals surface area contributed by atoms with Crippen LogP contribution in [-0.4, -0.2) is 68.0 Å². The number of benzene rings is 1. The van der Waals surface area contributed by atoms with E-state index in [4.69, 9.17) is 5.73 Å². The van der Waals surface area contributed by atoms with E-state index < -0.39 is 20.6 Å². The average Bonchev–Trinajstić information content (AvgIpc) is 3.07. The second kappa shape index (κ2) is 12.4. The van der Waals surface area contributed by atoms with Gasteiger partial charge in [0.1, 0.15) is 5.84 Å². The average molecular weight is 519 g/mol. The molecule has 2 aliphatic rings. The molecule has 10 heteroatoms. The van der Waals surface area contributed by atoms with E-state index in [1.54, 1.807) is 24.5 Å². The molecule has 1 aromatic rings. The van der Waals surface area contributed by atoms with Gasteiger partial charge in [0.25, 0.3) is 0 Å². The van der Waals surface area contributed by atoms with Crippen molar-refractivity contribution in [1.82, 2.24) is 4.90 Å². The van der Waals surface area contributed by atoms with E-state index in [1.807, 2.05) is 24.3 Å². The summed E-state index contributed by atoms with van der Waals surface area (Å²) < 4.78 is 34.9. The molecule has 35 heavy (non-hydrogen) atoms. The maximum absolute atomic E-state index is 12.5. The predicted molar refractivity (Wildman–Crippen MR) is 142 cm³/mol. The van der Waals surface area contributed by atoms with Gasteiger partial charge in [-0.25, -0.2) is 8.42 Å². The molecule has 1 atom stereocenters. The van der Waals surface area contributed by atoms with Gasteiger partial charge in [0, 0.05) is 70.3 Å². The number of amides is 1. The number of carbonyl (C=O) groups is 1. The lowest BCUT2D eigenvalue weighted by Gasteiger charge is -2.31. The highest BCUT2D eigenvalue weighted by Crippen LogP contribution is 2.21. The molecule has 0 radical (unpaired) electrons. The number of nitrogens with one attached hydrogen (secondary N) is 1. The molecule has 1 aliphatic heterocycles. The smallest absolute Gasteiger partial charge is 0.247 e. The van der Waals surface area contributed by atoms with Gasteiger partial charge < -0.3 is 16.0 Å². The molecular formula is C25H34N4O4S2. The number of rotatable bonds is 9.